The van der Waals surface area contributed by atoms with Gasteiger partial charge in [-0.1, -0.05) is 27.7 Å². The van der Waals surface area contributed by atoms with Gasteiger partial charge in [-0.25, -0.2) is 0 Å². The van der Waals surface area contributed by atoms with Crippen LogP contribution in [0.4, 0.5) is 0 Å². The molecular weight excluding hydrogens is 186 g/mol. The van der Waals surface area contributed by atoms with Crippen molar-refractivity contribution < 1.29 is 0 Å². The summed E-state index contributed by atoms with van der Waals surface area (Å²) >= 11 is 0. The minimum absolute atomic E-state index is 0.405. The molecule has 3 heteroatoms. The van der Waals surface area contributed by atoms with Crippen molar-refractivity contribution in [1.29, 1.82) is 5.26 Å². The van der Waals surface area contributed by atoms with E-state index in [2.05, 4.69) is 4.98 Å². The minimum atomic E-state index is -0.405. The Kier molecular flexibility index (Phi) is 13.5. The summed E-state index contributed by atoms with van der Waals surface area (Å²) in [6.45, 7) is 8.00. The Morgan fingerprint density at radius 3 is 2.13 bits per heavy atom. The SMILES string of the molecule is CC.CC.N#CC(N)Cc1ccncc1. The summed E-state index contributed by atoms with van der Waals surface area (Å²) in [5.41, 5.74) is 6.47. The fourth-order valence-corrected chi connectivity index (χ4v) is 0.818. The van der Waals surface area contributed by atoms with Crippen molar-refractivity contribution in [2.75, 3.05) is 0 Å². The quantitative estimate of drug-likeness (QED) is 0.810. The van der Waals surface area contributed by atoms with Gasteiger partial charge in [0.2, 0.25) is 0 Å². The highest BCUT2D eigenvalue weighted by molar-refractivity contribution is 5.13. The number of pyridine rings is 1. The van der Waals surface area contributed by atoms with Gasteiger partial charge in [-0.2, -0.15) is 5.26 Å². The number of hydrogen-bond donors (Lipinski definition) is 1. The molecule has 0 saturated carbocycles. The lowest BCUT2D eigenvalue weighted by Gasteiger charge is -2.00. The molecule has 1 atom stereocenters. The third kappa shape index (κ3) is 8.92. The number of rotatable bonds is 2. The predicted octanol–water partition coefficient (Wildman–Crippen LogP) is 2.53. The Balaban J connectivity index is 0. The van der Waals surface area contributed by atoms with Crippen LogP contribution in [-0.4, -0.2) is 11.0 Å². The van der Waals surface area contributed by atoms with Gasteiger partial charge in [0.1, 0.15) is 0 Å². The Morgan fingerprint density at radius 1 is 1.27 bits per heavy atom. The lowest BCUT2D eigenvalue weighted by Crippen LogP contribution is -2.19. The standard InChI is InChI=1S/C8H9N3.2C2H6/c9-6-8(10)5-7-1-3-11-4-2-7;2*1-2/h1-4,8H,5,10H2;2*1-2H3. The highest BCUT2D eigenvalue weighted by atomic mass is 14.6. The van der Waals surface area contributed by atoms with Gasteiger partial charge in [-0.05, 0) is 17.7 Å². The summed E-state index contributed by atoms with van der Waals surface area (Å²) in [5.74, 6) is 0. The molecule has 0 aliphatic carbocycles. The minimum Gasteiger partial charge on any atom is -0.316 e. The molecule has 1 unspecified atom stereocenters. The summed E-state index contributed by atoms with van der Waals surface area (Å²) in [6.07, 6.45) is 3.98. The van der Waals surface area contributed by atoms with E-state index < -0.39 is 6.04 Å². The van der Waals surface area contributed by atoms with E-state index in [1.807, 2.05) is 45.9 Å². The van der Waals surface area contributed by atoms with E-state index in [4.69, 9.17) is 11.0 Å². The first-order chi connectivity index (χ1) is 7.33. The van der Waals surface area contributed by atoms with E-state index in [0.717, 1.165) is 5.56 Å². The summed E-state index contributed by atoms with van der Waals surface area (Å²) in [6, 6.07) is 5.28. The number of nitrogens with zero attached hydrogens (tertiary/aromatic N) is 2. The molecule has 3 nitrogen and oxygen atoms in total. The summed E-state index contributed by atoms with van der Waals surface area (Å²) in [4.78, 5) is 3.85. The lowest BCUT2D eigenvalue weighted by atomic mass is 10.1. The molecule has 0 amide bonds. The van der Waals surface area contributed by atoms with E-state index in [0.29, 0.717) is 6.42 Å². The van der Waals surface area contributed by atoms with Crippen LogP contribution in [0.2, 0.25) is 0 Å². The molecule has 1 aromatic heterocycles. The molecular formula is C12H21N3. The fourth-order valence-electron chi connectivity index (χ4n) is 0.818. The summed E-state index contributed by atoms with van der Waals surface area (Å²) in [5, 5.41) is 8.41. The van der Waals surface area contributed by atoms with Crippen LogP contribution in [0.5, 0.6) is 0 Å². The zero-order valence-corrected chi connectivity index (χ0v) is 10.1. The summed E-state index contributed by atoms with van der Waals surface area (Å²) < 4.78 is 0. The normalized spacial score (nSPS) is 9.60. The van der Waals surface area contributed by atoms with Crippen LogP contribution >= 0.6 is 0 Å². The monoisotopic (exact) mass is 207 g/mol. The molecule has 0 spiro atoms. The van der Waals surface area contributed by atoms with Crippen LogP contribution < -0.4 is 5.73 Å². The van der Waals surface area contributed by atoms with Crippen LogP contribution in [0.25, 0.3) is 0 Å². The molecule has 2 N–H and O–H groups in total. The first kappa shape index (κ1) is 16.0. The van der Waals surface area contributed by atoms with Gasteiger partial charge in [0.05, 0.1) is 12.1 Å². The second kappa shape index (κ2) is 12.6. The van der Waals surface area contributed by atoms with Crippen molar-refractivity contribution >= 4 is 0 Å². The smallest absolute Gasteiger partial charge is 0.0968 e. The van der Waals surface area contributed by atoms with Gasteiger partial charge in [-0.3, -0.25) is 4.98 Å². The van der Waals surface area contributed by atoms with Crippen molar-refractivity contribution in [3.63, 3.8) is 0 Å². The second-order valence-electron chi connectivity index (χ2n) is 2.30. The molecule has 0 saturated heterocycles. The molecule has 1 aromatic rings. The van der Waals surface area contributed by atoms with Crippen LogP contribution in [0.1, 0.15) is 33.3 Å². The zero-order chi connectivity index (χ0) is 12.1. The number of aromatic nitrogens is 1. The largest absolute Gasteiger partial charge is 0.316 e. The highest BCUT2D eigenvalue weighted by Crippen LogP contribution is 1.98. The molecule has 15 heavy (non-hydrogen) atoms. The maximum Gasteiger partial charge on any atom is 0.0968 e. The third-order valence-electron chi connectivity index (χ3n) is 1.37. The van der Waals surface area contributed by atoms with Crippen LogP contribution in [-0.2, 0) is 6.42 Å². The topological polar surface area (TPSA) is 62.7 Å². The van der Waals surface area contributed by atoms with Crippen molar-refractivity contribution in [3.8, 4) is 6.07 Å². The van der Waals surface area contributed by atoms with E-state index in [-0.39, 0.29) is 0 Å². The Hall–Kier alpha value is -1.40. The maximum absolute atomic E-state index is 8.41. The van der Waals surface area contributed by atoms with Gasteiger partial charge >= 0.3 is 0 Å². The predicted molar refractivity (Wildman–Crippen MR) is 64.2 cm³/mol. The Bertz CT molecular complexity index is 251. The highest BCUT2D eigenvalue weighted by Gasteiger charge is 1.99. The van der Waals surface area contributed by atoms with Crippen molar-refractivity contribution in [2.24, 2.45) is 5.73 Å². The van der Waals surface area contributed by atoms with Crippen molar-refractivity contribution in [2.45, 2.75) is 40.2 Å². The van der Waals surface area contributed by atoms with E-state index in [9.17, 15) is 0 Å². The molecule has 1 rings (SSSR count). The van der Waals surface area contributed by atoms with Gasteiger partial charge in [0, 0.05) is 18.8 Å². The molecule has 0 bridgehead atoms. The Morgan fingerprint density at radius 2 is 1.73 bits per heavy atom. The molecule has 0 aromatic carbocycles. The Labute approximate surface area is 92.9 Å². The second-order valence-corrected chi connectivity index (χ2v) is 2.30. The molecule has 0 aliphatic heterocycles. The first-order valence-corrected chi connectivity index (χ1v) is 5.37. The lowest BCUT2D eigenvalue weighted by molar-refractivity contribution is 0.821. The van der Waals surface area contributed by atoms with Gasteiger partial charge in [0.15, 0.2) is 0 Å². The average molecular weight is 207 g/mol. The van der Waals surface area contributed by atoms with E-state index >= 15 is 0 Å². The molecule has 0 radical (unpaired) electrons. The molecule has 0 aliphatic rings. The zero-order valence-electron chi connectivity index (χ0n) is 10.1. The molecule has 1 heterocycles. The van der Waals surface area contributed by atoms with Gasteiger partial charge in [0.25, 0.3) is 0 Å². The molecule has 84 valence electrons. The van der Waals surface area contributed by atoms with Gasteiger partial charge in [-0.15, -0.1) is 0 Å². The maximum atomic E-state index is 8.41. The number of hydrogen-bond acceptors (Lipinski definition) is 3. The van der Waals surface area contributed by atoms with Crippen LogP contribution in [0.3, 0.4) is 0 Å². The number of nitriles is 1. The van der Waals surface area contributed by atoms with E-state index in [1.165, 1.54) is 0 Å². The average Bonchev–Trinajstić information content (AvgIpc) is 2.35. The summed E-state index contributed by atoms with van der Waals surface area (Å²) in [7, 11) is 0. The van der Waals surface area contributed by atoms with Crippen LogP contribution in [0, 0.1) is 11.3 Å². The third-order valence-corrected chi connectivity index (χ3v) is 1.37. The first-order valence-electron chi connectivity index (χ1n) is 5.37. The van der Waals surface area contributed by atoms with Gasteiger partial charge < -0.3 is 5.73 Å². The van der Waals surface area contributed by atoms with E-state index in [1.54, 1.807) is 12.4 Å². The molecule has 0 fully saturated rings. The number of nitrogens with two attached hydrogens (primary N) is 1. The van der Waals surface area contributed by atoms with Crippen molar-refractivity contribution in [1.82, 2.24) is 4.98 Å². The fraction of sp³-hybridized carbons (Fsp3) is 0.500. The van der Waals surface area contributed by atoms with Crippen molar-refractivity contribution in [3.05, 3.63) is 30.1 Å². The van der Waals surface area contributed by atoms with Crippen LogP contribution in [0.15, 0.2) is 24.5 Å².